The number of hydrogen-bond acceptors (Lipinski definition) is 3. The molecule has 0 aliphatic carbocycles. The fourth-order valence-corrected chi connectivity index (χ4v) is 2.08. The van der Waals surface area contributed by atoms with Gasteiger partial charge < -0.3 is 14.5 Å². The van der Waals surface area contributed by atoms with Crippen molar-refractivity contribution in [1.29, 1.82) is 0 Å². The minimum Gasteiger partial charge on any atom is -0.497 e. The molecule has 5 nitrogen and oxygen atoms in total. The van der Waals surface area contributed by atoms with E-state index in [1.54, 1.807) is 19.4 Å². The van der Waals surface area contributed by atoms with Crippen LogP contribution in [0.2, 0.25) is 0 Å². The van der Waals surface area contributed by atoms with Gasteiger partial charge in [-0.1, -0.05) is 18.2 Å². The Balaban J connectivity index is 1.70. The summed E-state index contributed by atoms with van der Waals surface area (Å²) in [6.07, 6.45) is 6.85. The van der Waals surface area contributed by atoms with Crippen LogP contribution in [0, 0.1) is 0 Å². The molecule has 0 saturated carbocycles. The van der Waals surface area contributed by atoms with E-state index in [9.17, 15) is 4.79 Å². The molecule has 3 aromatic rings. The number of aromatic nitrogens is 2. The quantitative estimate of drug-likeness (QED) is 0.752. The minimum absolute atomic E-state index is 0.230. The molecule has 0 radical (unpaired) electrons. The first-order chi connectivity index (χ1) is 10.7. The first kappa shape index (κ1) is 13.9. The maximum atomic E-state index is 11.9. The van der Waals surface area contributed by atoms with Crippen molar-refractivity contribution >= 4 is 23.4 Å². The first-order valence-electron chi connectivity index (χ1n) is 6.81. The van der Waals surface area contributed by atoms with E-state index < -0.39 is 0 Å². The summed E-state index contributed by atoms with van der Waals surface area (Å²) < 4.78 is 6.99. The van der Waals surface area contributed by atoms with Gasteiger partial charge in [0.25, 0.3) is 0 Å². The van der Waals surface area contributed by atoms with Crippen molar-refractivity contribution in [3.8, 4) is 5.75 Å². The van der Waals surface area contributed by atoms with Crippen LogP contribution in [0.1, 0.15) is 5.56 Å². The van der Waals surface area contributed by atoms with Gasteiger partial charge in [0.1, 0.15) is 11.4 Å². The Labute approximate surface area is 127 Å². The summed E-state index contributed by atoms with van der Waals surface area (Å²) in [5, 5.41) is 2.74. The number of fused-ring (bicyclic) bond motifs is 1. The van der Waals surface area contributed by atoms with E-state index in [0.717, 1.165) is 17.0 Å². The number of carbonyl (C=O) groups is 1. The van der Waals surface area contributed by atoms with Crippen molar-refractivity contribution in [2.45, 2.75) is 0 Å². The highest BCUT2D eigenvalue weighted by Gasteiger charge is 2.03. The van der Waals surface area contributed by atoms with Gasteiger partial charge in [-0.2, -0.15) is 0 Å². The number of methoxy groups -OCH3 is 1. The predicted molar refractivity (Wildman–Crippen MR) is 85.8 cm³/mol. The lowest BCUT2D eigenvalue weighted by Crippen LogP contribution is -2.07. The van der Waals surface area contributed by atoms with Gasteiger partial charge in [-0.25, -0.2) is 4.98 Å². The largest absolute Gasteiger partial charge is 0.497 e. The number of carbonyl (C=O) groups excluding carboxylic acids is 1. The van der Waals surface area contributed by atoms with Crippen LogP contribution in [0.15, 0.2) is 60.9 Å². The van der Waals surface area contributed by atoms with Crippen molar-refractivity contribution in [1.82, 2.24) is 9.38 Å². The lowest BCUT2D eigenvalue weighted by Gasteiger charge is -2.00. The molecule has 0 unspecified atom stereocenters. The Morgan fingerprint density at radius 3 is 3.00 bits per heavy atom. The van der Waals surface area contributed by atoms with Gasteiger partial charge >= 0.3 is 0 Å². The number of nitrogens with zero attached hydrogens (tertiary/aromatic N) is 2. The molecule has 0 spiro atoms. The SMILES string of the molecule is COc1cccc(/C=C/C(=O)Nc2cn3ccccc3n2)c1. The Morgan fingerprint density at radius 1 is 1.27 bits per heavy atom. The smallest absolute Gasteiger partial charge is 0.249 e. The summed E-state index contributed by atoms with van der Waals surface area (Å²) in [5.74, 6) is 1.04. The first-order valence-corrected chi connectivity index (χ1v) is 6.81. The third kappa shape index (κ3) is 3.15. The number of imidazole rings is 1. The lowest BCUT2D eigenvalue weighted by atomic mass is 10.2. The predicted octanol–water partition coefficient (Wildman–Crippen LogP) is 2.99. The second kappa shape index (κ2) is 6.13. The molecule has 0 saturated heterocycles. The maximum absolute atomic E-state index is 11.9. The number of pyridine rings is 1. The van der Waals surface area contributed by atoms with Gasteiger partial charge in [0.05, 0.1) is 13.3 Å². The molecule has 0 aliphatic rings. The Bertz CT molecular complexity index is 804. The molecule has 2 heterocycles. The number of rotatable bonds is 4. The Hall–Kier alpha value is -3.08. The Kier molecular flexibility index (Phi) is 3.87. The number of anilines is 1. The van der Waals surface area contributed by atoms with Gasteiger partial charge in [-0.05, 0) is 35.9 Å². The topological polar surface area (TPSA) is 55.6 Å². The number of hydrogen-bond donors (Lipinski definition) is 1. The third-order valence-corrected chi connectivity index (χ3v) is 3.14. The zero-order chi connectivity index (χ0) is 15.4. The number of amides is 1. The van der Waals surface area contributed by atoms with Crippen LogP contribution in [0.5, 0.6) is 5.75 Å². The molecule has 2 aromatic heterocycles. The van der Waals surface area contributed by atoms with Gasteiger partial charge in [0.15, 0.2) is 5.82 Å². The minimum atomic E-state index is -0.230. The molecule has 1 aromatic carbocycles. The van der Waals surface area contributed by atoms with Gasteiger partial charge in [0.2, 0.25) is 5.91 Å². The molecule has 3 rings (SSSR count). The van der Waals surface area contributed by atoms with E-state index in [-0.39, 0.29) is 5.91 Å². The van der Waals surface area contributed by atoms with E-state index in [2.05, 4.69) is 10.3 Å². The monoisotopic (exact) mass is 293 g/mol. The summed E-state index contributed by atoms with van der Waals surface area (Å²) in [6.45, 7) is 0. The Morgan fingerprint density at radius 2 is 2.18 bits per heavy atom. The van der Waals surface area contributed by atoms with Crippen LogP contribution in [-0.2, 0) is 4.79 Å². The highest BCUT2D eigenvalue weighted by molar-refractivity contribution is 6.01. The summed E-state index contributed by atoms with van der Waals surface area (Å²) in [7, 11) is 1.61. The molecule has 0 fully saturated rings. The lowest BCUT2D eigenvalue weighted by molar-refractivity contribution is -0.111. The van der Waals surface area contributed by atoms with Crippen molar-refractivity contribution in [2.75, 3.05) is 12.4 Å². The van der Waals surface area contributed by atoms with E-state index in [1.807, 2.05) is 53.1 Å². The molecule has 0 bridgehead atoms. The summed E-state index contributed by atoms with van der Waals surface area (Å²) in [4.78, 5) is 16.3. The maximum Gasteiger partial charge on any atom is 0.249 e. The molecule has 22 heavy (non-hydrogen) atoms. The van der Waals surface area contributed by atoms with Crippen LogP contribution in [0.3, 0.4) is 0 Å². The summed E-state index contributed by atoms with van der Waals surface area (Å²) in [5.41, 5.74) is 1.68. The second-order valence-electron chi connectivity index (χ2n) is 4.69. The summed E-state index contributed by atoms with van der Waals surface area (Å²) in [6, 6.07) is 13.2. The third-order valence-electron chi connectivity index (χ3n) is 3.14. The molecule has 1 N–H and O–H groups in total. The standard InChI is InChI=1S/C17H15N3O2/c1-22-14-6-4-5-13(11-14)8-9-17(21)19-15-12-20-10-3-2-7-16(20)18-15/h2-12H,1H3,(H,19,21)/b9-8+. The van der Waals surface area contributed by atoms with Crippen LogP contribution in [0.25, 0.3) is 11.7 Å². The van der Waals surface area contributed by atoms with Crippen molar-refractivity contribution < 1.29 is 9.53 Å². The molecular formula is C17H15N3O2. The van der Waals surface area contributed by atoms with E-state index in [4.69, 9.17) is 4.74 Å². The number of ether oxygens (including phenoxy) is 1. The molecular weight excluding hydrogens is 278 g/mol. The number of benzene rings is 1. The zero-order valence-corrected chi connectivity index (χ0v) is 12.1. The second-order valence-corrected chi connectivity index (χ2v) is 4.69. The van der Waals surface area contributed by atoms with Crippen molar-refractivity contribution in [2.24, 2.45) is 0 Å². The van der Waals surface area contributed by atoms with E-state index in [0.29, 0.717) is 5.82 Å². The van der Waals surface area contributed by atoms with Gasteiger partial charge in [0, 0.05) is 12.3 Å². The fraction of sp³-hybridized carbons (Fsp3) is 0.0588. The van der Waals surface area contributed by atoms with Crippen LogP contribution >= 0.6 is 0 Å². The van der Waals surface area contributed by atoms with Crippen molar-refractivity contribution in [3.63, 3.8) is 0 Å². The molecule has 5 heteroatoms. The van der Waals surface area contributed by atoms with Gasteiger partial charge in [-0.3, -0.25) is 4.79 Å². The van der Waals surface area contributed by atoms with Crippen LogP contribution in [-0.4, -0.2) is 22.4 Å². The molecule has 0 atom stereocenters. The highest BCUT2D eigenvalue weighted by Crippen LogP contribution is 2.14. The molecule has 110 valence electrons. The van der Waals surface area contributed by atoms with E-state index >= 15 is 0 Å². The zero-order valence-electron chi connectivity index (χ0n) is 12.1. The van der Waals surface area contributed by atoms with Crippen LogP contribution < -0.4 is 10.1 Å². The molecule has 0 aliphatic heterocycles. The normalized spacial score (nSPS) is 11.0. The van der Waals surface area contributed by atoms with E-state index in [1.165, 1.54) is 6.08 Å². The fourth-order valence-electron chi connectivity index (χ4n) is 2.08. The average molecular weight is 293 g/mol. The van der Waals surface area contributed by atoms with Crippen molar-refractivity contribution in [3.05, 3.63) is 66.5 Å². The summed E-state index contributed by atoms with van der Waals surface area (Å²) >= 11 is 0. The van der Waals surface area contributed by atoms with Gasteiger partial charge in [-0.15, -0.1) is 0 Å². The van der Waals surface area contributed by atoms with Crippen LogP contribution in [0.4, 0.5) is 5.82 Å². The number of nitrogens with one attached hydrogen (secondary N) is 1. The average Bonchev–Trinajstić information content (AvgIpc) is 2.95. The highest BCUT2D eigenvalue weighted by atomic mass is 16.5. The molecule has 1 amide bonds.